The molecular formula is C24H26N2O4. The smallest absolute Gasteiger partial charge is 0.340 e. The fraction of sp³-hybridized carbons (Fsp3) is 0.250. The van der Waals surface area contributed by atoms with E-state index in [0.29, 0.717) is 23.6 Å². The van der Waals surface area contributed by atoms with Gasteiger partial charge in [0.25, 0.3) is 0 Å². The van der Waals surface area contributed by atoms with Gasteiger partial charge in [-0.3, -0.25) is 4.79 Å². The summed E-state index contributed by atoms with van der Waals surface area (Å²) in [6.45, 7) is 5.87. The number of nitrogens with one attached hydrogen (secondary N) is 1. The molecule has 1 heterocycles. The van der Waals surface area contributed by atoms with Gasteiger partial charge in [-0.15, -0.1) is 0 Å². The molecule has 2 aromatic carbocycles. The monoisotopic (exact) mass is 406 g/mol. The molecule has 3 aromatic rings. The topological polar surface area (TPSA) is 69.6 Å². The standard InChI is InChI=1S/C24H26N2O4/c1-5-30-24(28)22-16(2)23(18-9-7-6-8-10-18)26(17(22)3)15-21(27)25-19-11-13-20(29-4)14-12-19/h6-14H,5,15H2,1-4H3,(H,25,27). The van der Waals surface area contributed by atoms with E-state index in [0.717, 1.165) is 22.6 Å². The Hall–Kier alpha value is -3.54. The van der Waals surface area contributed by atoms with Crippen LogP contribution in [-0.2, 0) is 16.1 Å². The lowest BCUT2D eigenvalue weighted by molar-refractivity contribution is -0.116. The van der Waals surface area contributed by atoms with Crippen LogP contribution in [0.2, 0.25) is 0 Å². The van der Waals surface area contributed by atoms with Gasteiger partial charge in [-0.2, -0.15) is 0 Å². The summed E-state index contributed by atoms with van der Waals surface area (Å²) in [6.07, 6.45) is 0. The molecule has 0 aliphatic heterocycles. The van der Waals surface area contributed by atoms with Gasteiger partial charge in [-0.25, -0.2) is 4.79 Å². The van der Waals surface area contributed by atoms with E-state index in [2.05, 4.69) is 5.32 Å². The van der Waals surface area contributed by atoms with Crippen LogP contribution in [0.5, 0.6) is 5.75 Å². The largest absolute Gasteiger partial charge is 0.497 e. The van der Waals surface area contributed by atoms with Crippen molar-refractivity contribution in [2.75, 3.05) is 19.0 Å². The van der Waals surface area contributed by atoms with E-state index in [1.54, 1.807) is 38.3 Å². The number of amides is 1. The van der Waals surface area contributed by atoms with Gasteiger partial charge < -0.3 is 19.4 Å². The molecule has 1 amide bonds. The van der Waals surface area contributed by atoms with E-state index in [1.807, 2.05) is 48.7 Å². The van der Waals surface area contributed by atoms with Crippen molar-refractivity contribution in [1.29, 1.82) is 0 Å². The second kappa shape index (κ2) is 9.31. The summed E-state index contributed by atoms with van der Waals surface area (Å²) in [5, 5.41) is 2.90. The van der Waals surface area contributed by atoms with Crippen molar-refractivity contribution >= 4 is 17.6 Å². The molecule has 0 spiro atoms. The highest BCUT2D eigenvalue weighted by atomic mass is 16.5. The van der Waals surface area contributed by atoms with Crippen molar-refractivity contribution < 1.29 is 19.1 Å². The second-order valence-corrected chi connectivity index (χ2v) is 6.88. The summed E-state index contributed by atoms with van der Waals surface area (Å²) < 4.78 is 12.3. The minimum absolute atomic E-state index is 0.0718. The summed E-state index contributed by atoms with van der Waals surface area (Å²) in [6, 6.07) is 16.9. The number of anilines is 1. The second-order valence-electron chi connectivity index (χ2n) is 6.88. The molecule has 1 N–H and O–H groups in total. The minimum atomic E-state index is -0.376. The number of carbonyl (C=O) groups is 2. The first-order valence-electron chi connectivity index (χ1n) is 9.82. The molecule has 6 nitrogen and oxygen atoms in total. The molecule has 1 aromatic heterocycles. The Kier molecular flexibility index (Phi) is 6.57. The van der Waals surface area contributed by atoms with Crippen LogP contribution in [0.15, 0.2) is 54.6 Å². The number of rotatable bonds is 7. The van der Waals surface area contributed by atoms with Gasteiger partial charge in [0.05, 0.1) is 25.0 Å². The molecule has 6 heteroatoms. The molecule has 0 atom stereocenters. The third-order valence-electron chi connectivity index (χ3n) is 4.97. The molecule has 0 radical (unpaired) electrons. The van der Waals surface area contributed by atoms with E-state index in [4.69, 9.17) is 9.47 Å². The van der Waals surface area contributed by atoms with Crippen molar-refractivity contribution in [3.05, 3.63) is 71.4 Å². The summed E-state index contributed by atoms with van der Waals surface area (Å²) in [7, 11) is 1.59. The molecule has 0 saturated carbocycles. The lowest BCUT2D eigenvalue weighted by atomic mass is 10.1. The maximum absolute atomic E-state index is 12.8. The molecule has 30 heavy (non-hydrogen) atoms. The molecule has 0 unspecified atom stereocenters. The van der Waals surface area contributed by atoms with Gasteiger partial charge >= 0.3 is 5.97 Å². The van der Waals surface area contributed by atoms with Crippen LogP contribution in [0.4, 0.5) is 5.69 Å². The van der Waals surface area contributed by atoms with Gasteiger partial charge in [-0.05, 0) is 56.2 Å². The predicted molar refractivity (Wildman–Crippen MR) is 117 cm³/mol. The number of nitrogens with zero attached hydrogens (tertiary/aromatic N) is 1. The van der Waals surface area contributed by atoms with Gasteiger partial charge in [-0.1, -0.05) is 30.3 Å². The SMILES string of the molecule is CCOC(=O)c1c(C)c(-c2ccccc2)n(CC(=O)Nc2ccc(OC)cc2)c1C. The van der Waals surface area contributed by atoms with Crippen LogP contribution < -0.4 is 10.1 Å². The highest BCUT2D eigenvalue weighted by molar-refractivity contribution is 5.96. The first kappa shape index (κ1) is 21.2. The van der Waals surface area contributed by atoms with Gasteiger partial charge in [0, 0.05) is 11.4 Å². The molecule has 0 saturated heterocycles. The van der Waals surface area contributed by atoms with Crippen molar-refractivity contribution in [1.82, 2.24) is 4.57 Å². The third kappa shape index (κ3) is 4.38. The summed E-state index contributed by atoms with van der Waals surface area (Å²) in [4.78, 5) is 25.4. The number of esters is 1. The van der Waals surface area contributed by atoms with Gasteiger partial charge in [0.1, 0.15) is 12.3 Å². The highest BCUT2D eigenvalue weighted by Crippen LogP contribution is 2.31. The average Bonchev–Trinajstić information content (AvgIpc) is 2.98. The Morgan fingerprint density at radius 3 is 2.27 bits per heavy atom. The fourth-order valence-electron chi connectivity index (χ4n) is 3.58. The number of benzene rings is 2. The minimum Gasteiger partial charge on any atom is -0.497 e. The summed E-state index contributed by atoms with van der Waals surface area (Å²) in [5.74, 6) is 0.153. The lowest BCUT2D eigenvalue weighted by Crippen LogP contribution is -2.20. The molecule has 156 valence electrons. The summed E-state index contributed by atoms with van der Waals surface area (Å²) in [5.41, 5.74) is 4.46. The number of carbonyl (C=O) groups excluding carboxylic acids is 2. The molecule has 3 rings (SSSR count). The first-order chi connectivity index (χ1) is 14.5. The zero-order valence-electron chi connectivity index (χ0n) is 17.7. The van der Waals surface area contributed by atoms with E-state index < -0.39 is 0 Å². The summed E-state index contributed by atoms with van der Waals surface area (Å²) >= 11 is 0. The maximum atomic E-state index is 12.8. The Morgan fingerprint density at radius 1 is 1.00 bits per heavy atom. The van der Waals surface area contributed by atoms with E-state index >= 15 is 0 Å². The van der Waals surface area contributed by atoms with Crippen LogP contribution in [-0.4, -0.2) is 30.2 Å². The van der Waals surface area contributed by atoms with E-state index in [-0.39, 0.29) is 18.4 Å². The number of hydrogen-bond acceptors (Lipinski definition) is 4. The Labute approximate surface area is 176 Å². The van der Waals surface area contributed by atoms with Crippen LogP contribution in [0.25, 0.3) is 11.3 Å². The first-order valence-corrected chi connectivity index (χ1v) is 9.82. The van der Waals surface area contributed by atoms with Crippen LogP contribution in [0.1, 0.15) is 28.5 Å². The average molecular weight is 406 g/mol. The van der Waals surface area contributed by atoms with Crippen LogP contribution in [0, 0.1) is 13.8 Å². The molecule has 0 bridgehead atoms. The Morgan fingerprint density at radius 2 is 1.67 bits per heavy atom. The number of methoxy groups -OCH3 is 1. The Bertz CT molecular complexity index is 1040. The molecule has 0 aliphatic rings. The zero-order valence-corrected chi connectivity index (χ0v) is 17.7. The fourth-order valence-corrected chi connectivity index (χ4v) is 3.58. The maximum Gasteiger partial charge on any atom is 0.340 e. The van der Waals surface area contributed by atoms with E-state index in [1.165, 1.54) is 0 Å². The van der Waals surface area contributed by atoms with Gasteiger partial charge in [0.2, 0.25) is 5.91 Å². The number of hydrogen-bond donors (Lipinski definition) is 1. The van der Waals surface area contributed by atoms with Crippen LogP contribution in [0.3, 0.4) is 0 Å². The molecule has 0 fully saturated rings. The molecular weight excluding hydrogens is 380 g/mol. The lowest BCUT2D eigenvalue weighted by Gasteiger charge is -2.13. The number of aromatic nitrogens is 1. The van der Waals surface area contributed by atoms with Crippen molar-refractivity contribution in [2.45, 2.75) is 27.3 Å². The van der Waals surface area contributed by atoms with Gasteiger partial charge in [0.15, 0.2) is 0 Å². The Balaban J connectivity index is 1.96. The number of ether oxygens (including phenoxy) is 2. The van der Waals surface area contributed by atoms with Crippen molar-refractivity contribution in [3.63, 3.8) is 0 Å². The molecule has 0 aliphatic carbocycles. The normalized spacial score (nSPS) is 10.5. The highest BCUT2D eigenvalue weighted by Gasteiger charge is 2.25. The van der Waals surface area contributed by atoms with E-state index in [9.17, 15) is 9.59 Å². The van der Waals surface area contributed by atoms with Crippen molar-refractivity contribution in [2.24, 2.45) is 0 Å². The zero-order chi connectivity index (χ0) is 21.7. The van der Waals surface area contributed by atoms with Crippen molar-refractivity contribution in [3.8, 4) is 17.0 Å². The van der Waals surface area contributed by atoms with Crippen LogP contribution >= 0.6 is 0 Å². The quantitative estimate of drug-likeness (QED) is 0.583. The third-order valence-corrected chi connectivity index (χ3v) is 4.97. The predicted octanol–water partition coefficient (Wildman–Crippen LogP) is 4.60.